The summed E-state index contributed by atoms with van der Waals surface area (Å²) in [4.78, 5) is 19.0. The lowest BCUT2D eigenvalue weighted by molar-refractivity contribution is -0.116. The maximum absolute atomic E-state index is 12.4. The fourth-order valence-electron chi connectivity index (χ4n) is 3.57. The van der Waals surface area contributed by atoms with E-state index in [1.54, 1.807) is 18.5 Å². The van der Waals surface area contributed by atoms with Crippen molar-refractivity contribution < 1.29 is 9.53 Å². The first-order valence-electron chi connectivity index (χ1n) is 10.5. The van der Waals surface area contributed by atoms with Crippen molar-refractivity contribution in [3.05, 3.63) is 72.7 Å². The molecule has 0 bridgehead atoms. The van der Waals surface area contributed by atoms with Crippen molar-refractivity contribution in [1.29, 1.82) is 0 Å². The van der Waals surface area contributed by atoms with Gasteiger partial charge in [-0.1, -0.05) is 18.2 Å². The van der Waals surface area contributed by atoms with Crippen LogP contribution in [-0.4, -0.2) is 64.5 Å². The summed E-state index contributed by atoms with van der Waals surface area (Å²) < 4.78 is 7.21. The second-order valence-electron chi connectivity index (χ2n) is 7.53. The number of para-hydroxylation sites is 1. The van der Waals surface area contributed by atoms with Crippen LogP contribution in [0.1, 0.15) is 12.5 Å². The molecule has 1 saturated heterocycles. The number of benzene rings is 1. The van der Waals surface area contributed by atoms with Crippen LogP contribution in [0.15, 0.2) is 67.1 Å². The van der Waals surface area contributed by atoms with Gasteiger partial charge in [0.1, 0.15) is 5.69 Å². The molecule has 160 valence electrons. The number of hydrogen-bond donors (Lipinski definition) is 1. The first-order valence-corrected chi connectivity index (χ1v) is 10.5. The molecule has 0 aliphatic carbocycles. The van der Waals surface area contributed by atoms with Crippen LogP contribution in [0.25, 0.3) is 23.0 Å². The smallest absolute Gasteiger partial charge is 0.244 e. The highest BCUT2D eigenvalue weighted by Crippen LogP contribution is 2.24. The number of carbonyl (C=O) groups is 1. The van der Waals surface area contributed by atoms with Gasteiger partial charge in [0.25, 0.3) is 0 Å². The Kier molecular flexibility index (Phi) is 6.86. The van der Waals surface area contributed by atoms with Crippen molar-refractivity contribution in [2.24, 2.45) is 0 Å². The standard InChI is InChI=1S/C24H27N5O2/c1-19(28-12-14-31-15-13-28)16-26-23(30)10-9-21-18-29(22-7-3-2-4-8-22)27-24(21)20-6-5-11-25-17-20/h2-11,17-19H,12-16H2,1H3,(H,26,30)/b10-9+. The number of nitrogens with zero attached hydrogens (tertiary/aromatic N) is 4. The van der Waals surface area contributed by atoms with Gasteiger partial charge in [0.05, 0.1) is 18.9 Å². The van der Waals surface area contributed by atoms with E-state index in [1.165, 1.54) is 0 Å². The monoisotopic (exact) mass is 417 g/mol. The first-order chi connectivity index (χ1) is 15.2. The summed E-state index contributed by atoms with van der Waals surface area (Å²) in [5.41, 5.74) is 3.49. The predicted octanol–water partition coefficient (Wildman–Crippen LogP) is 2.78. The predicted molar refractivity (Wildman–Crippen MR) is 121 cm³/mol. The second kappa shape index (κ2) is 10.1. The summed E-state index contributed by atoms with van der Waals surface area (Å²) in [5, 5.41) is 7.74. The molecule has 1 aromatic carbocycles. The highest BCUT2D eigenvalue weighted by molar-refractivity contribution is 5.92. The van der Waals surface area contributed by atoms with E-state index in [2.05, 4.69) is 22.1 Å². The quantitative estimate of drug-likeness (QED) is 0.599. The van der Waals surface area contributed by atoms with Crippen LogP contribution in [0, 0.1) is 0 Å². The fraction of sp³-hybridized carbons (Fsp3) is 0.292. The summed E-state index contributed by atoms with van der Waals surface area (Å²) in [7, 11) is 0. The molecular formula is C24H27N5O2. The van der Waals surface area contributed by atoms with Crippen LogP contribution >= 0.6 is 0 Å². The van der Waals surface area contributed by atoms with Crippen molar-refractivity contribution in [2.45, 2.75) is 13.0 Å². The summed E-state index contributed by atoms with van der Waals surface area (Å²) >= 11 is 0. The number of amides is 1. The Labute approximate surface area is 182 Å². The van der Waals surface area contributed by atoms with Crippen LogP contribution < -0.4 is 5.32 Å². The minimum absolute atomic E-state index is 0.121. The highest BCUT2D eigenvalue weighted by Gasteiger charge is 2.17. The van der Waals surface area contributed by atoms with E-state index in [9.17, 15) is 4.79 Å². The summed E-state index contributed by atoms with van der Waals surface area (Å²) in [6, 6.07) is 14.0. The Morgan fingerprint density at radius 2 is 2.00 bits per heavy atom. The van der Waals surface area contributed by atoms with Crippen molar-refractivity contribution in [2.75, 3.05) is 32.8 Å². The normalized spacial score (nSPS) is 15.8. The number of morpholine rings is 1. The molecule has 1 aliphatic rings. The van der Waals surface area contributed by atoms with E-state index < -0.39 is 0 Å². The van der Waals surface area contributed by atoms with E-state index in [0.717, 1.165) is 48.8 Å². The lowest BCUT2D eigenvalue weighted by Gasteiger charge is -2.32. The molecule has 4 rings (SSSR count). The molecule has 2 aromatic heterocycles. The SMILES string of the molecule is CC(CNC(=O)/C=C/c1cn(-c2ccccc2)nc1-c1cccnc1)N1CCOCC1. The molecule has 31 heavy (non-hydrogen) atoms. The number of carbonyl (C=O) groups excluding carboxylic acids is 1. The topological polar surface area (TPSA) is 72.3 Å². The zero-order chi connectivity index (χ0) is 21.5. The number of aromatic nitrogens is 3. The summed E-state index contributed by atoms with van der Waals surface area (Å²) in [6.45, 7) is 6.03. The number of ether oxygens (including phenoxy) is 1. The summed E-state index contributed by atoms with van der Waals surface area (Å²) in [6.07, 6.45) is 8.81. The number of hydrogen-bond acceptors (Lipinski definition) is 5. The van der Waals surface area contributed by atoms with Crippen LogP contribution in [0.4, 0.5) is 0 Å². The zero-order valence-electron chi connectivity index (χ0n) is 17.6. The largest absolute Gasteiger partial charge is 0.379 e. The molecule has 1 fully saturated rings. The lowest BCUT2D eigenvalue weighted by atomic mass is 10.1. The van der Waals surface area contributed by atoms with Gasteiger partial charge in [0.15, 0.2) is 0 Å². The van der Waals surface area contributed by atoms with Gasteiger partial charge in [-0.2, -0.15) is 5.10 Å². The van der Waals surface area contributed by atoms with E-state index in [0.29, 0.717) is 6.54 Å². The van der Waals surface area contributed by atoms with Gasteiger partial charge in [-0.3, -0.25) is 14.7 Å². The van der Waals surface area contributed by atoms with Crippen LogP contribution in [0.5, 0.6) is 0 Å². The third-order valence-corrected chi connectivity index (χ3v) is 5.35. The molecule has 0 radical (unpaired) electrons. The Hall–Kier alpha value is -3.29. The van der Waals surface area contributed by atoms with Crippen molar-refractivity contribution >= 4 is 12.0 Å². The third-order valence-electron chi connectivity index (χ3n) is 5.35. The van der Waals surface area contributed by atoms with Crippen LogP contribution in [0.3, 0.4) is 0 Å². The van der Waals surface area contributed by atoms with Gasteiger partial charge in [-0.25, -0.2) is 4.68 Å². The van der Waals surface area contributed by atoms with Gasteiger partial charge < -0.3 is 10.1 Å². The molecule has 1 aliphatic heterocycles. The number of rotatable bonds is 7. The van der Waals surface area contributed by atoms with Crippen molar-refractivity contribution in [3.8, 4) is 16.9 Å². The van der Waals surface area contributed by atoms with E-state index in [4.69, 9.17) is 9.84 Å². The second-order valence-corrected chi connectivity index (χ2v) is 7.53. The minimum atomic E-state index is -0.121. The highest BCUT2D eigenvalue weighted by atomic mass is 16.5. The van der Waals surface area contributed by atoms with E-state index >= 15 is 0 Å². The van der Waals surface area contributed by atoms with Gasteiger partial charge in [0.2, 0.25) is 5.91 Å². The van der Waals surface area contributed by atoms with Crippen molar-refractivity contribution in [1.82, 2.24) is 25.0 Å². The fourth-order valence-corrected chi connectivity index (χ4v) is 3.57. The molecule has 1 amide bonds. The van der Waals surface area contributed by atoms with Gasteiger partial charge in [-0.05, 0) is 37.3 Å². The lowest BCUT2D eigenvalue weighted by Crippen LogP contribution is -2.47. The maximum atomic E-state index is 12.4. The minimum Gasteiger partial charge on any atom is -0.379 e. The summed E-state index contributed by atoms with van der Waals surface area (Å²) in [5.74, 6) is -0.121. The number of pyridine rings is 1. The zero-order valence-corrected chi connectivity index (χ0v) is 17.6. The van der Waals surface area contributed by atoms with Gasteiger partial charge in [0, 0.05) is 61.5 Å². The van der Waals surface area contributed by atoms with Gasteiger partial charge >= 0.3 is 0 Å². The molecule has 0 saturated carbocycles. The molecule has 0 spiro atoms. The molecule has 3 aromatic rings. The Morgan fingerprint density at radius 3 is 2.74 bits per heavy atom. The molecule has 7 heteroatoms. The van der Waals surface area contributed by atoms with Crippen LogP contribution in [-0.2, 0) is 9.53 Å². The first kappa shape index (κ1) is 21.0. The molecule has 1 unspecified atom stereocenters. The average Bonchev–Trinajstić information content (AvgIpc) is 3.27. The van der Waals surface area contributed by atoms with Gasteiger partial charge in [-0.15, -0.1) is 0 Å². The average molecular weight is 418 g/mol. The number of nitrogens with one attached hydrogen (secondary N) is 1. The van der Waals surface area contributed by atoms with E-state index in [1.807, 2.05) is 59.4 Å². The van der Waals surface area contributed by atoms with E-state index in [-0.39, 0.29) is 11.9 Å². The maximum Gasteiger partial charge on any atom is 0.244 e. The Bertz CT molecular complexity index is 1010. The molecular weight excluding hydrogens is 390 g/mol. The van der Waals surface area contributed by atoms with Crippen molar-refractivity contribution in [3.63, 3.8) is 0 Å². The molecule has 3 heterocycles. The van der Waals surface area contributed by atoms with Crippen LogP contribution in [0.2, 0.25) is 0 Å². The Morgan fingerprint density at radius 1 is 1.19 bits per heavy atom. The third kappa shape index (κ3) is 5.45. The Balaban J connectivity index is 1.48. The molecule has 1 N–H and O–H groups in total. The molecule has 7 nitrogen and oxygen atoms in total. The molecule has 1 atom stereocenters.